The van der Waals surface area contributed by atoms with Crippen LogP contribution in [-0.2, 0) is 4.74 Å². The molecule has 0 radical (unpaired) electrons. The maximum absolute atomic E-state index is 5.88. The van der Waals surface area contributed by atoms with Gasteiger partial charge in [0.2, 0.25) is 0 Å². The van der Waals surface area contributed by atoms with Crippen LogP contribution in [0.25, 0.3) is 0 Å². The van der Waals surface area contributed by atoms with Crippen molar-refractivity contribution >= 4 is 21.6 Å². The molecule has 1 aliphatic rings. The third kappa shape index (κ3) is 3.44. The highest BCUT2D eigenvalue weighted by molar-refractivity contribution is 9.10. The van der Waals surface area contributed by atoms with Crippen LogP contribution in [0.5, 0.6) is 0 Å². The average molecular weight is 299 g/mol. The van der Waals surface area contributed by atoms with Crippen molar-refractivity contribution in [2.75, 3.05) is 24.5 Å². The Kier molecular flexibility index (Phi) is 4.42. The van der Waals surface area contributed by atoms with Crippen LogP contribution in [-0.4, -0.2) is 31.8 Å². The van der Waals surface area contributed by atoms with Gasteiger partial charge >= 0.3 is 0 Å². The molecule has 2 atom stereocenters. The molecule has 1 aliphatic heterocycles. The molecule has 2 N–H and O–H groups in total. The number of ether oxygens (including phenoxy) is 1. The van der Waals surface area contributed by atoms with E-state index < -0.39 is 0 Å². The van der Waals surface area contributed by atoms with Gasteiger partial charge in [-0.15, -0.1) is 0 Å². The van der Waals surface area contributed by atoms with Crippen molar-refractivity contribution in [3.05, 3.63) is 28.7 Å². The zero-order valence-corrected chi connectivity index (χ0v) is 11.7. The van der Waals surface area contributed by atoms with Gasteiger partial charge in [0.05, 0.1) is 12.2 Å². The molecule has 1 heterocycles. The molecule has 2 rings (SSSR count). The van der Waals surface area contributed by atoms with Gasteiger partial charge in [-0.2, -0.15) is 0 Å². The van der Waals surface area contributed by atoms with E-state index in [9.17, 15) is 0 Å². The van der Waals surface area contributed by atoms with Gasteiger partial charge in [0.15, 0.2) is 0 Å². The van der Waals surface area contributed by atoms with Gasteiger partial charge in [-0.1, -0.05) is 22.0 Å². The van der Waals surface area contributed by atoms with Gasteiger partial charge in [-0.25, -0.2) is 0 Å². The summed E-state index contributed by atoms with van der Waals surface area (Å²) >= 11 is 3.51. The van der Waals surface area contributed by atoms with Gasteiger partial charge in [0.1, 0.15) is 0 Å². The third-order valence-corrected chi connectivity index (χ3v) is 3.48. The zero-order chi connectivity index (χ0) is 12.3. The summed E-state index contributed by atoms with van der Waals surface area (Å²) in [5.41, 5.74) is 6.85. The second-order valence-corrected chi connectivity index (χ2v) is 5.45. The lowest BCUT2D eigenvalue weighted by atomic mass is 10.1. The molecule has 1 saturated heterocycles. The summed E-state index contributed by atoms with van der Waals surface area (Å²) in [6.45, 7) is 4.67. The number of nitrogens with zero attached hydrogens (tertiary/aromatic N) is 1. The molecule has 0 spiro atoms. The van der Waals surface area contributed by atoms with E-state index >= 15 is 0 Å². The predicted octanol–water partition coefficient (Wildman–Crippen LogP) is 2.39. The number of anilines is 1. The van der Waals surface area contributed by atoms with Gasteiger partial charge in [0.25, 0.3) is 0 Å². The molecular weight excluding hydrogens is 280 g/mol. The summed E-state index contributed by atoms with van der Waals surface area (Å²) in [4.78, 5) is 2.37. The maximum atomic E-state index is 5.88. The van der Waals surface area contributed by atoms with E-state index in [0.29, 0.717) is 6.54 Å². The molecule has 0 aliphatic carbocycles. The topological polar surface area (TPSA) is 38.5 Å². The zero-order valence-electron chi connectivity index (χ0n) is 10.1. The summed E-state index contributed by atoms with van der Waals surface area (Å²) in [5.74, 6) is 0. The molecule has 0 aromatic heterocycles. The van der Waals surface area contributed by atoms with Crippen LogP contribution >= 0.6 is 15.9 Å². The smallest absolute Gasteiger partial charge is 0.0766 e. The fourth-order valence-electron chi connectivity index (χ4n) is 2.27. The molecule has 94 valence electrons. The lowest BCUT2D eigenvalue weighted by molar-refractivity contribution is -0.0183. The number of morpholine rings is 1. The maximum Gasteiger partial charge on any atom is 0.0766 e. The van der Waals surface area contributed by atoms with Crippen LogP contribution in [0, 0.1) is 0 Å². The second kappa shape index (κ2) is 5.85. The standard InChI is InChI=1S/C13H19BrN2O/c1-10-8-16(9-13(17-10)5-6-15)12-4-2-3-11(14)7-12/h2-4,7,10,13H,5-6,8-9,15H2,1H3. The Labute approximate surface area is 111 Å². The predicted molar refractivity (Wildman–Crippen MR) is 74.4 cm³/mol. The number of hydrogen-bond acceptors (Lipinski definition) is 3. The summed E-state index contributed by atoms with van der Waals surface area (Å²) in [6.07, 6.45) is 1.44. The van der Waals surface area contributed by atoms with Crippen molar-refractivity contribution in [2.24, 2.45) is 5.73 Å². The fraction of sp³-hybridized carbons (Fsp3) is 0.538. The van der Waals surface area contributed by atoms with Crippen LogP contribution in [0.15, 0.2) is 28.7 Å². The Balaban J connectivity index is 2.09. The summed E-state index contributed by atoms with van der Waals surface area (Å²) in [7, 11) is 0. The third-order valence-electron chi connectivity index (χ3n) is 2.99. The Morgan fingerprint density at radius 3 is 3.00 bits per heavy atom. The van der Waals surface area contributed by atoms with Gasteiger partial charge in [-0.3, -0.25) is 0 Å². The Morgan fingerprint density at radius 1 is 1.47 bits per heavy atom. The minimum atomic E-state index is 0.253. The van der Waals surface area contributed by atoms with Crippen LogP contribution < -0.4 is 10.6 Å². The SMILES string of the molecule is CC1CN(c2cccc(Br)c2)CC(CCN)O1. The largest absolute Gasteiger partial charge is 0.372 e. The molecular formula is C13H19BrN2O. The first-order chi connectivity index (χ1) is 8.19. The minimum Gasteiger partial charge on any atom is -0.372 e. The minimum absolute atomic E-state index is 0.253. The first-order valence-electron chi connectivity index (χ1n) is 6.05. The van der Waals surface area contributed by atoms with Crippen molar-refractivity contribution in [3.8, 4) is 0 Å². The molecule has 2 unspecified atom stereocenters. The highest BCUT2D eigenvalue weighted by Gasteiger charge is 2.24. The second-order valence-electron chi connectivity index (χ2n) is 4.53. The summed E-state index contributed by atoms with van der Waals surface area (Å²) < 4.78 is 6.99. The highest BCUT2D eigenvalue weighted by atomic mass is 79.9. The van der Waals surface area contributed by atoms with Crippen molar-refractivity contribution < 1.29 is 4.74 Å². The molecule has 0 amide bonds. The lowest BCUT2D eigenvalue weighted by Crippen LogP contribution is -2.47. The molecule has 17 heavy (non-hydrogen) atoms. The van der Waals surface area contributed by atoms with Gasteiger partial charge in [0, 0.05) is 23.2 Å². The summed E-state index contributed by atoms with van der Waals surface area (Å²) in [6, 6.07) is 8.40. The molecule has 1 aromatic carbocycles. The Bertz CT molecular complexity index is 372. The number of nitrogens with two attached hydrogens (primary N) is 1. The van der Waals surface area contributed by atoms with Crippen LogP contribution in [0.4, 0.5) is 5.69 Å². The first kappa shape index (κ1) is 12.9. The van der Waals surface area contributed by atoms with Gasteiger partial charge in [-0.05, 0) is 38.1 Å². The van der Waals surface area contributed by atoms with E-state index in [4.69, 9.17) is 10.5 Å². The molecule has 0 bridgehead atoms. The Morgan fingerprint density at radius 2 is 2.29 bits per heavy atom. The summed E-state index contributed by atoms with van der Waals surface area (Å²) in [5, 5.41) is 0. The molecule has 1 fully saturated rings. The number of halogens is 1. The van der Waals surface area contributed by atoms with Crippen LogP contribution in [0.3, 0.4) is 0 Å². The molecule has 1 aromatic rings. The van der Waals surface area contributed by atoms with Crippen molar-refractivity contribution in [1.82, 2.24) is 0 Å². The molecule has 0 saturated carbocycles. The quantitative estimate of drug-likeness (QED) is 0.931. The van der Waals surface area contributed by atoms with Crippen LogP contribution in [0.2, 0.25) is 0 Å². The van der Waals surface area contributed by atoms with E-state index in [2.05, 4.69) is 46.0 Å². The molecule has 3 nitrogen and oxygen atoms in total. The van der Waals surface area contributed by atoms with Crippen molar-refractivity contribution in [3.63, 3.8) is 0 Å². The van der Waals surface area contributed by atoms with E-state index in [0.717, 1.165) is 24.0 Å². The van der Waals surface area contributed by atoms with E-state index in [1.807, 2.05) is 6.07 Å². The monoisotopic (exact) mass is 298 g/mol. The fourth-order valence-corrected chi connectivity index (χ4v) is 2.66. The van der Waals surface area contributed by atoms with Crippen molar-refractivity contribution in [2.45, 2.75) is 25.6 Å². The van der Waals surface area contributed by atoms with Crippen LogP contribution in [0.1, 0.15) is 13.3 Å². The molecule has 4 heteroatoms. The number of hydrogen-bond donors (Lipinski definition) is 1. The first-order valence-corrected chi connectivity index (χ1v) is 6.84. The number of rotatable bonds is 3. The van der Waals surface area contributed by atoms with E-state index in [1.54, 1.807) is 0 Å². The highest BCUT2D eigenvalue weighted by Crippen LogP contribution is 2.24. The number of benzene rings is 1. The normalized spacial score (nSPS) is 25.0. The Hall–Kier alpha value is -0.580. The lowest BCUT2D eigenvalue weighted by Gasteiger charge is -2.38. The van der Waals surface area contributed by atoms with E-state index in [-0.39, 0.29) is 12.2 Å². The average Bonchev–Trinajstić information content (AvgIpc) is 2.28. The van der Waals surface area contributed by atoms with Crippen molar-refractivity contribution in [1.29, 1.82) is 0 Å². The van der Waals surface area contributed by atoms with E-state index in [1.165, 1.54) is 5.69 Å². The van der Waals surface area contributed by atoms with Gasteiger partial charge < -0.3 is 15.4 Å².